The van der Waals surface area contributed by atoms with Crippen molar-refractivity contribution in [3.63, 3.8) is 0 Å². The number of rotatable bonds is 8. The van der Waals surface area contributed by atoms with Gasteiger partial charge in [-0.05, 0) is 19.3 Å². The van der Waals surface area contributed by atoms with Crippen LogP contribution in [0.25, 0.3) is 0 Å². The molecule has 156 valence electrons. The van der Waals surface area contributed by atoms with Crippen molar-refractivity contribution in [1.29, 1.82) is 0 Å². The Morgan fingerprint density at radius 1 is 0.724 bits per heavy atom. The Morgan fingerprint density at radius 3 is 1.38 bits per heavy atom. The van der Waals surface area contributed by atoms with Crippen molar-refractivity contribution in [1.82, 2.24) is 19.1 Å². The fourth-order valence-corrected chi connectivity index (χ4v) is 2.97. The van der Waals surface area contributed by atoms with E-state index in [9.17, 15) is 39.4 Å². The number of aromatic amines is 2. The largest absolute Gasteiger partial charge is 0.369 e. The van der Waals surface area contributed by atoms with Crippen molar-refractivity contribution < 1.29 is 9.85 Å². The number of nitrogens with zero attached hydrogens (tertiary/aromatic N) is 4. The molecule has 0 bridgehead atoms. The van der Waals surface area contributed by atoms with Gasteiger partial charge in [0.1, 0.15) is 0 Å². The number of nitro groups is 2. The zero-order valence-electron chi connectivity index (χ0n) is 14.3. The first-order valence-electron chi connectivity index (χ1n) is 7.90. The van der Waals surface area contributed by atoms with Gasteiger partial charge in [-0.15, -0.1) is 0 Å². The highest BCUT2D eigenvalue weighted by molar-refractivity contribution is 6.31. The minimum Gasteiger partial charge on any atom is -0.292 e. The van der Waals surface area contributed by atoms with E-state index in [2.05, 4.69) is 0 Å². The van der Waals surface area contributed by atoms with Crippen molar-refractivity contribution in [3.8, 4) is 0 Å². The number of aromatic nitrogens is 4. The van der Waals surface area contributed by atoms with E-state index in [1.54, 1.807) is 0 Å². The Bertz CT molecular complexity index is 1120. The molecule has 0 saturated heterocycles. The maximum Gasteiger partial charge on any atom is 0.369 e. The molecule has 0 atom stereocenters. The summed E-state index contributed by atoms with van der Waals surface area (Å²) in [5.74, 6) is 0. The lowest BCUT2D eigenvalue weighted by molar-refractivity contribution is -0.386. The van der Waals surface area contributed by atoms with Crippen LogP contribution in [0.4, 0.5) is 11.4 Å². The number of hydrogen-bond acceptors (Lipinski definition) is 8. The minimum absolute atomic E-state index is 0.182. The Labute approximate surface area is 168 Å². The third-order valence-electron chi connectivity index (χ3n) is 3.86. The van der Waals surface area contributed by atoms with Gasteiger partial charge in [0.25, 0.3) is 0 Å². The van der Waals surface area contributed by atoms with Crippen molar-refractivity contribution >= 4 is 34.6 Å². The van der Waals surface area contributed by atoms with Crippen LogP contribution in [0.5, 0.6) is 0 Å². The molecule has 0 aliphatic carbocycles. The summed E-state index contributed by atoms with van der Waals surface area (Å²) in [5, 5.41) is 20.4. The van der Waals surface area contributed by atoms with E-state index in [1.807, 2.05) is 9.97 Å². The van der Waals surface area contributed by atoms with E-state index in [-0.39, 0.29) is 32.4 Å². The molecule has 0 aromatic carbocycles. The molecule has 0 aliphatic rings. The van der Waals surface area contributed by atoms with Crippen LogP contribution in [0.2, 0.25) is 10.3 Å². The summed E-state index contributed by atoms with van der Waals surface area (Å²) < 4.78 is 1.21. The van der Waals surface area contributed by atoms with E-state index in [0.29, 0.717) is 9.13 Å². The van der Waals surface area contributed by atoms with Crippen LogP contribution in [-0.2, 0) is 13.1 Å². The fourth-order valence-electron chi connectivity index (χ4n) is 2.51. The van der Waals surface area contributed by atoms with Crippen molar-refractivity contribution in [3.05, 3.63) is 72.2 Å². The fraction of sp³-hybridized carbons (Fsp3) is 0.385. The Morgan fingerprint density at radius 2 is 1.07 bits per heavy atom. The summed E-state index contributed by atoms with van der Waals surface area (Å²) >= 11 is 11.0. The predicted octanol–water partition coefficient (Wildman–Crippen LogP) is 0.380. The molecule has 0 amide bonds. The van der Waals surface area contributed by atoms with E-state index >= 15 is 0 Å². The Kier molecular flexibility index (Phi) is 6.71. The summed E-state index contributed by atoms with van der Waals surface area (Å²) in [6.07, 6.45) is 0.652. The third-order valence-corrected chi connectivity index (χ3v) is 4.41. The molecule has 0 aliphatic heterocycles. The van der Waals surface area contributed by atoms with Gasteiger partial charge in [-0.1, -0.05) is 23.2 Å². The number of halogens is 2. The van der Waals surface area contributed by atoms with Gasteiger partial charge < -0.3 is 0 Å². The lowest BCUT2D eigenvalue weighted by atomic mass is 10.2. The average molecular weight is 451 g/mol. The molecule has 2 aromatic rings. The molecular formula is C13H12Cl2N6O8. The highest BCUT2D eigenvalue weighted by atomic mass is 35.5. The second kappa shape index (κ2) is 8.83. The molecule has 2 rings (SSSR count). The second-order valence-electron chi connectivity index (χ2n) is 5.67. The molecular weight excluding hydrogens is 439 g/mol. The van der Waals surface area contributed by atoms with Crippen molar-refractivity contribution in [2.45, 2.75) is 32.4 Å². The zero-order valence-corrected chi connectivity index (χ0v) is 15.9. The highest BCUT2D eigenvalue weighted by Gasteiger charge is 2.24. The smallest absolute Gasteiger partial charge is 0.292 e. The monoisotopic (exact) mass is 450 g/mol. The zero-order chi connectivity index (χ0) is 21.9. The van der Waals surface area contributed by atoms with Gasteiger partial charge >= 0.3 is 33.9 Å². The van der Waals surface area contributed by atoms with Gasteiger partial charge in [0, 0.05) is 13.1 Å². The van der Waals surface area contributed by atoms with E-state index in [4.69, 9.17) is 23.2 Å². The lowest BCUT2D eigenvalue weighted by Crippen LogP contribution is -2.37. The lowest BCUT2D eigenvalue weighted by Gasteiger charge is -2.06. The number of unbranched alkanes of at least 4 members (excludes halogenated alkanes) is 2. The minimum atomic E-state index is -1.16. The Hall–Kier alpha value is -3.26. The van der Waals surface area contributed by atoms with Gasteiger partial charge in [-0.3, -0.25) is 48.9 Å². The third kappa shape index (κ3) is 4.60. The van der Waals surface area contributed by atoms with Gasteiger partial charge in [0.15, 0.2) is 10.3 Å². The maximum absolute atomic E-state index is 12.0. The topological polar surface area (TPSA) is 196 Å². The standard InChI is InChI=1S/C13H12Cl2N6O8/c14-8-6(20(26)27)10(22)18(12(24)16-8)4-2-1-3-5-19-11(23)7(21(28)29)9(15)17-13(19)25/h1-5H2,(H,16,24)(H,17,25). The summed E-state index contributed by atoms with van der Waals surface area (Å²) in [7, 11) is 0. The van der Waals surface area contributed by atoms with Gasteiger partial charge in [0.05, 0.1) is 9.85 Å². The van der Waals surface area contributed by atoms with E-state index < -0.39 is 54.0 Å². The first-order chi connectivity index (χ1) is 13.6. The van der Waals surface area contributed by atoms with Crippen molar-refractivity contribution in [2.24, 2.45) is 0 Å². The highest BCUT2D eigenvalue weighted by Crippen LogP contribution is 2.15. The summed E-state index contributed by atoms with van der Waals surface area (Å²) in [6.45, 7) is -0.365. The summed E-state index contributed by atoms with van der Waals surface area (Å²) in [4.78, 5) is 71.3. The first-order valence-corrected chi connectivity index (χ1v) is 8.65. The molecule has 2 aromatic heterocycles. The molecule has 16 heteroatoms. The molecule has 0 unspecified atom stereocenters. The molecule has 0 saturated carbocycles. The quantitative estimate of drug-likeness (QED) is 0.249. The van der Waals surface area contributed by atoms with E-state index in [0.717, 1.165) is 0 Å². The molecule has 2 N–H and O–H groups in total. The molecule has 0 spiro atoms. The molecule has 0 fully saturated rings. The average Bonchev–Trinajstić information content (AvgIpc) is 2.58. The van der Waals surface area contributed by atoms with Crippen LogP contribution in [-0.4, -0.2) is 28.9 Å². The van der Waals surface area contributed by atoms with Crippen molar-refractivity contribution in [2.75, 3.05) is 0 Å². The number of H-pyrrole nitrogens is 2. The van der Waals surface area contributed by atoms with Crippen LogP contribution >= 0.6 is 23.2 Å². The van der Waals surface area contributed by atoms with Crippen LogP contribution in [0.15, 0.2) is 19.2 Å². The Balaban J connectivity index is 2.09. The number of nitrogens with one attached hydrogen (secondary N) is 2. The van der Waals surface area contributed by atoms with Gasteiger partial charge in [-0.2, -0.15) is 0 Å². The number of hydrogen-bond donors (Lipinski definition) is 2. The molecule has 0 radical (unpaired) electrons. The van der Waals surface area contributed by atoms with Crippen LogP contribution in [0, 0.1) is 20.2 Å². The molecule has 14 nitrogen and oxygen atoms in total. The first kappa shape index (κ1) is 22.0. The summed E-state index contributed by atoms with van der Waals surface area (Å²) in [5.41, 5.74) is -6.09. The normalized spacial score (nSPS) is 10.8. The van der Waals surface area contributed by atoms with Crippen LogP contribution in [0.3, 0.4) is 0 Å². The van der Waals surface area contributed by atoms with Crippen LogP contribution in [0.1, 0.15) is 19.3 Å². The molecule has 29 heavy (non-hydrogen) atoms. The maximum atomic E-state index is 12.0. The second-order valence-corrected chi connectivity index (χ2v) is 6.43. The van der Waals surface area contributed by atoms with Gasteiger partial charge in [-0.25, -0.2) is 9.59 Å². The summed E-state index contributed by atoms with van der Waals surface area (Å²) in [6, 6.07) is 0. The predicted molar refractivity (Wildman–Crippen MR) is 99.8 cm³/mol. The SMILES string of the molecule is O=c1[nH]c(Cl)c([N+](=O)[O-])c(=O)n1CCCCCn1c(=O)[nH]c(Cl)c([N+](=O)[O-])c1=O. The van der Waals surface area contributed by atoms with E-state index in [1.165, 1.54) is 0 Å². The molecule has 2 heterocycles. The van der Waals surface area contributed by atoms with Gasteiger partial charge in [0.2, 0.25) is 0 Å². The van der Waals surface area contributed by atoms with Crippen LogP contribution < -0.4 is 22.5 Å².